The molecule has 1 unspecified atom stereocenters. The van der Waals surface area contributed by atoms with Gasteiger partial charge in [-0.05, 0) is 37.0 Å². The van der Waals surface area contributed by atoms with Gasteiger partial charge in [-0.1, -0.05) is 29.3 Å². The molecule has 0 bridgehead atoms. The van der Waals surface area contributed by atoms with E-state index in [9.17, 15) is 4.79 Å². The average molecular weight is 321 g/mol. The minimum absolute atomic E-state index is 0.119. The summed E-state index contributed by atoms with van der Waals surface area (Å²) in [6, 6.07) is 5.70. The monoisotopic (exact) mass is 320 g/mol. The number of halogens is 1. The van der Waals surface area contributed by atoms with E-state index < -0.39 is 0 Å². The molecule has 1 aliphatic heterocycles. The van der Waals surface area contributed by atoms with Gasteiger partial charge in [0.15, 0.2) is 0 Å². The van der Waals surface area contributed by atoms with Gasteiger partial charge in [0.05, 0.1) is 10.9 Å². The van der Waals surface area contributed by atoms with Crippen molar-refractivity contribution in [3.8, 4) is 0 Å². The molecule has 0 spiro atoms. The zero-order chi connectivity index (χ0) is 13.4. The summed E-state index contributed by atoms with van der Waals surface area (Å²) in [4.78, 5) is 17.2. The molecule has 0 fully saturated rings. The van der Waals surface area contributed by atoms with Crippen molar-refractivity contribution in [2.24, 2.45) is 5.92 Å². The zero-order valence-corrected chi connectivity index (χ0v) is 12.6. The van der Waals surface area contributed by atoms with E-state index >= 15 is 0 Å². The molecule has 0 saturated heterocycles. The van der Waals surface area contributed by atoms with Crippen molar-refractivity contribution in [3.63, 3.8) is 0 Å². The standard InChI is InChI=1S/C15H17BrN2O/c1-2-3-10-4-7-14-17-13-8-11(16)5-6-12(13)15(19)18(14)9-10/h5-6,8,10H,2-4,7,9H2,1H3. The molecule has 19 heavy (non-hydrogen) atoms. The van der Waals surface area contributed by atoms with Gasteiger partial charge in [-0.3, -0.25) is 9.36 Å². The highest BCUT2D eigenvalue weighted by atomic mass is 79.9. The van der Waals surface area contributed by atoms with Crippen LogP contribution in [0.25, 0.3) is 10.9 Å². The van der Waals surface area contributed by atoms with E-state index in [0.717, 1.165) is 40.6 Å². The second-order valence-electron chi connectivity index (χ2n) is 5.30. The molecule has 4 heteroatoms. The second-order valence-corrected chi connectivity index (χ2v) is 6.21. The lowest BCUT2D eigenvalue weighted by Crippen LogP contribution is -2.32. The molecule has 1 atom stereocenters. The molecule has 0 amide bonds. The minimum atomic E-state index is 0.119. The first-order valence-electron chi connectivity index (χ1n) is 6.88. The van der Waals surface area contributed by atoms with Crippen molar-refractivity contribution < 1.29 is 0 Å². The average Bonchev–Trinajstić information content (AvgIpc) is 2.40. The molecule has 1 aromatic heterocycles. The van der Waals surface area contributed by atoms with Gasteiger partial charge in [0.1, 0.15) is 5.82 Å². The molecule has 0 saturated carbocycles. The first-order chi connectivity index (χ1) is 9.19. The first kappa shape index (κ1) is 12.9. The van der Waals surface area contributed by atoms with Gasteiger partial charge in [0.2, 0.25) is 0 Å². The quantitative estimate of drug-likeness (QED) is 0.848. The fraction of sp³-hybridized carbons (Fsp3) is 0.467. The smallest absolute Gasteiger partial charge is 0.261 e. The zero-order valence-electron chi connectivity index (χ0n) is 11.0. The lowest BCUT2D eigenvalue weighted by atomic mass is 9.94. The fourth-order valence-electron chi connectivity index (χ4n) is 2.95. The van der Waals surface area contributed by atoms with Gasteiger partial charge in [-0.2, -0.15) is 0 Å². The fourth-order valence-corrected chi connectivity index (χ4v) is 3.29. The molecular weight excluding hydrogens is 304 g/mol. The maximum atomic E-state index is 12.5. The number of hydrogen-bond donors (Lipinski definition) is 0. The van der Waals surface area contributed by atoms with Crippen molar-refractivity contribution in [1.29, 1.82) is 0 Å². The van der Waals surface area contributed by atoms with E-state index in [2.05, 4.69) is 27.8 Å². The summed E-state index contributed by atoms with van der Waals surface area (Å²) in [5.74, 6) is 1.58. The number of aryl methyl sites for hydroxylation is 1. The van der Waals surface area contributed by atoms with Crippen molar-refractivity contribution in [2.45, 2.75) is 39.2 Å². The highest BCUT2D eigenvalue weighted by Crippen LogP contribution is 2.23. The number of hydrogen-bond acceptors (Lipinski definition) is 2. The largest absolute Gasteiger partial charge is 0.296 e. The summed E-state index contributed by atoms with van der Waals surface area (Å²) in [5.41, 5.74) is 0.924. The topological polar surface area (TPSA) is 34.9 Å². The van der Waals surface area contributed by atoms with Crippen LogP contribution >= 0.6 is 15.9 Å². The van der Waals surface area contributed by atoms with E-state index in [1.807, 2.05) is 22.8 Å². The minimum Gasteiger partial charge on any atom is -0.296 e. The molecule has 2 heterocycles. The van der Waals surface area contributed by atoms with Crippen LogP contribution in [0, 0.1) is 5.92 Å². The Kier molecular flexibility index (Phi) is 3.44. The van der Waals surface area contributed by atoms with E-state index in [-0.39, 0.29) is 5.56 Å². The van der Waals surface area contributed by atoms with E-state index in [1.54, 1.807) is 0 Å². The maximum Gasteiger partial charge on any atom is 0.261 e. The Morgan fingerprint density at radius 2 is 2.32 bits per heavy atom. The maximum absolute atomic E-state index is 12.5. The number of nitrogens with zero attached hydrogens (tertiary/aromatic N) is 2. The second kappa shape index (κ2) is 5.08. The summed E-state index contributed by atoms with van der Waals surface area (Å²) in [6.45, 7) is 3.04. The molecule has 3 nitrogen and oxygen atoms in total. The Hall–Kier alpha value is -1.16. The van der Waals surface area contributed by atoms with Crippen LogP contribution < -0.4 is 5.56 Å². The molecule has 3 rings (SSSR count). The molecule has 100 valence electrons. The van der Waals surface area contributed by atoms with Gasteiger partial charge in [0.25, 0.3) is 5.56 Å². The normalized spacial score (nSPS) is 18.5. The third-order valence-corrected chi connectivity index (χ3v) is 4.40. The summed E-state index contributed by atoms with van der Waals surface area (Å²) in [5, 5.41) is 0.726. The molecule has 0 radical (unpaired) electrons. The molecular formula is C15H17BrN2O. The van der Waals surface area contributed by atoms with Gasteiger partial charge in [-0.15, -0.1) is 0 Å². The summed E-state index contributed by atoms with van der Waals surface area (Å²) < 4.78 is 2.86. The lowest BCUT2D eigenvalue weighted by molar-refractivity contribution is 0.333. The molecule has 0 aliphatic carbocycles. The first-order valence-corrected chi connectivity index (χ1v) is 7.67. The number of aromatic nitrogens is 2. The van der Waals surface area contributed by atoms with Crippen LogP contribution in [0.2, 0.25) is 0 Å². The van der Waals surface area contributed by atoms with Crippen LogP contribution in [0.15, 0.2) is 27.5 Å². The molecule has 1 aliphatic rings. The third-order valence-electron chi connectivity index (χ3n) is 3.91. The van der Waals surface area contributed by atoms with Crippen LogP contribution in [0.5, 0.6) is 0 Å². The number of fused-ring (bicyclic) bond motifs is 2. The predicted molar refractivity (Wildman–Crippen MR) is 80.4 cm³/mol. The predicted octanol–water partition coefficient (Wildman–Crippen LogP) is 3.52. The molecule has 2 aromatic rings. The van der Waals surface area contributed by atoms with E-state index in [1.165, 1.54) is 12.8 Å². The Labute approximate surface area is 120 Å². The van der Waals surface area contributed by atoms with Gasteiger partial charge in [-0.25, -0.2) is 4.98 Å². The SMILES string of the molecule is CCCC1CCc2nc3cc(Br)ccc3c(=O)n2C1. The van der Waals surface area contributed by atoms with Gasteiger partial charge < -0.3 is 0 Å². The number of rotatable bonds is 2. The summed E-state index contributed by atoms with van der Waals surface area (Å²) in [7, 11) is 0. The Bertz CT molecular complexity index is 678. The highest BCUT2D eigenvalue weighted by Gasteiger charge is 2.21. The van der Waals surface area contributed by atoms with Crippen LogP contribution in [-0.2, 0) is 13.0 Å². The van der Waals surface area contributed by atoms with Crippen molar-refractivity contribution in [2.75, 3.05) is 0 Å². The Balaban J connectivity index is 2.12. The van der Waals surface area contributed by atoms with Crippen LogP contribution in [0.3, 0.4) is 0 Å². The van der Waals surface area contributed by atoms with Crippen LogP contribution in [0.1, 0.15) is 32.0 Å². The van der Waals surface area contributed by atoms with Crippen LogP contribution in [-0.4, -0.2) is 9.55 Å². The third kappa shape index (κ3) is 2.34. The summed E-state index contributed by atoms with van der Waals surface area (Å²) in [6.07, 6.45) is 4.45. The highest BCUT2D eigenvalue weighted by molar-refractivity contribution is 9.10. The number of benzene rings is 1. The van der Waals surface area contributed by atoms with Crippen molar-refractivity contribution in [3.05, 3.63) is 38.9 Å². The Morgan fingerprint density at radius 3 is 3.11 bits per heavy atom. The lowest BCUT2D eigenvalue weighted by Gasteiger charge is -2.25. The van der Waals surface area contributed by atoms with Crippen LogP contribution in [0.4, 0.5) is 0 Å². The van der Waals surface area contributed by atoms with Gasteiger partial charge >= 0.3 is 0 Å². The summed E-state index contributed by atoms with van der Waals surface area (Å²) >= 11 is 3.43. The van der Waals surface area contributed by atoms with Gasteiger partial charge in [0, 0.05) is 17.4 Å². The molecule has 1 aromatic carbocycles. The Morgan fingerprint density at radius 1 is 1.47 bits per heavy atom. The molecule has 0 N–H and O–H groups in total. The van der Waals surface area contributed by atoms with Crippen molar-refractivity contribution in [1.82, 2.24) is 9.55 Å². The van der Waals surface area contributed by atoms with Crippen molar-refractivity contribution >= 4 is 26.8 Å². The van der Waals surface area contributed by atoms with E-state index in [4.69, 9.17) is 0 Å². The van der Waals surface area contributed by atoms with E-state index in [0.29, 0.717) is 5.92 Å².